The lowest BCUT2D eigenvalue weighted by Crippen LogP contribution is -2.44. The third-order valence-electron chi connectivity index (χ3n) is 4.86. The molecule has 0 aliphatic heterocycles. The largest absolute Gasteiger partial charge is 0.341 e. The number of carbonyl (C=O) groups excluding carboxylic acids is 2. The highest BCUT2D eigenvalue weighted by molar-refractivity contribution is 6.35. The molecule has 26 heavy (non-hydrogen) atoms. The van der Waals surface area contributed by atoms with E-state index in [-0.39, 0.29) is 18.0 Å². The molecule has 1 aliphatic carbocycles. The van der Waals surface area contributed by atoms with E-state index >= 15 is 0 Å². The van der Waals surface area contributed by atoms with E-state index < -0.39 is 11.8 Å². The Morgan fingerprint density at radius 3 is 1.81 bits per heavy atom. The van der Waals surface area contributed by atoms with Crippen molar-refractivity contribution < 1.29 is 9.59 Å². The summed E-state index contributed by atoms with van der Waals surface area (Å²) in [6, 6.07) is 19.4. The molecule has 0 bridgehead atoms. The van der Waals surface area contributed by atoms with Gasteiger partial charge in [0.2, 0.25) is 0 Å². The monoisotopic (exact) mass is 350 g/mol. The predicted octanol–water partition coefficient (Wildman–Crippen LogP) is 3.77. The molecule has 2 aromatic carbocycles. The molecule has 2 aromatic rings. The minimum atomic E-state index is -0.575. The summed E-state index contributed by atoms with van der Waals surface area (Å²) < 4.78 is 0. The molecule has 0 unspecified atom stereocenters. The van der Waals surface area contributed by atoms with Crippen LogP contribution in [-0.2, 0) is 9.59 Å². The summed E-state index contributed by atoms with van der Waals surface area (Å²) in [5, 5.41) is 5.84. The molecule has 2 amide bonds. The van der Waals surface area contributed by atoms with E-state index in [9.17, 15) is 9.59 Å². The lowest BCUT2D eigenvalue weighted by atomic mass is 9.96. The maximum atomic E-state index is 12.5. The molecular formula is C22H26N2O2. The van der Waals surface area contributed by atoms with Crippen molar-refractivity contribution in [3.05, 3.63) is 71.8 Å². The van der Waals surface area contributed by atoms with Gasteiger partial charge in [-0.25, -0.2) is 0 Å². The van der Waals surface area contributed by atoms with Crippen LogP contribution in [0.1, 0.15) is 49.9 Å². The predicted molar refractivity (Wildman–Crippen MR) is 102 cm³/mol. The molecule has 2 N–H and O–H groups in total. The van der Waals surface area contributed by atoms with Crippen molar-refractivity contribution >= 4 is 11.8 Å². The number of benzene rings is 2. The zero-order chi connectivity index (χ0) is 18.5. The maximum absolute atomic E-state index is 12.5. The molecule has 0 radical (unpaired) electrons. The van der Waals surface area contributed by atoms with Crippen molar-refractivity contribution in [3.63, 3.8) is 0 Å². The minimum absolute atomic E-state index is 0.0938. The highest BCUT2D eigenvalue weighted by Crippen LogP contribution is 2.40. The van der Waals surface area contributed by atoms with Crippen LogP contribution in [0.25, 0.3) is 0 Å². The van der Waals surface area contributed by atoms with Gasteiger partial charge in [-0.05, 0) is 35.8 Å². The summed E-state index contributed by atoms with van der Waals surface area (Å²) in [5.41, 5.74) is 2.06. The first-order valence-electron chi connectivity index (χ1n) is 9.27. The number of hydrogen-bond donors (Lipinski definition) is 2. The van der Waals surface area contributed by atoms with Gasteiger partial charge in [0.15, 0.2) is 0 Å². The molecule has 0 spiro atoms. The van der Waals surface area contributed by atoms with Crippen molar-refractivity contribution in [1.29, 1.82) is 0 Å². The molecule has 4 nitrogen and oxygen atoms in total. The molecule has 1 fully saturated rings. The van der Waals surface area contributed by atoms with Crippen LogP contribution < -0.4 is 10.6 Å². The van der Waals surface area contributed by atoms with Crippen LogP contribution >= 0.6 is 0 Å². The highest BCUT2D eigenvalue weighted by Gasteiger charge is 2.34. The second-order valence-electron chi connectivity index (χ2n) is 7.31. The lowest BCUT2D eigenvalue weighted by molar-refractivity contribution is -0.140. The van der Waals surface area contributed by atoms with E-state index in [1.165, 1.54) is 0 Å². The Hall–Kier alpha value is -2.62. The summed E-state index contributed by atoms with van der Waals surface area (Å²) in [7, 11) is 0. The Balaban J connectivity index is 1.67. The van der Waals surface area contributed by atoms with Crippen molar-refractivity contribution in [2.24, 2.45) is 11.8 Å². The smallest absolute Gasteiger partial charge is 0.309 e. The van der Waals surface area contributed by atoms with Gasteiger partial charge in [0.25, 0.3) is 0 Å². The Kier molecular flexibility index (Phi) is 5.71. The standard InChI is InChI=1S/C22H26N2O2/c1-15(2)19(16-9-5-3-6-10-16)23-21(25)22(26)24-20(18-13-14-18)17-11-7-4-8-12-17/h3-12,15,18-20H,13-14H2,1-2H3,(H,23,25)(H,24,26)/t19-,20-/m0/s1. The van der Waals surface area contributed by atoms with E-state index in [0.29, 0.717) is 5.92 Å². The van der Waals surface area contributed by atoms with Gasteiger partial charge in [0.05, 0.1) is 12.1 Å². The summed E-state index contributed by atoms with van der Waals surface area (Å²) in [5.74, 6) is -0.534. The van der Waals surface area contributed by atoms with Crippen LogP contribution in [0.5, 0.6) is 0 Å². The van der Waals surface area contributed by atoms with Gasteiger partial charge in [0.1, 0.15) is 0 Å². The van der Waals surface area contributed by atoms with Crippen molar-refractivity contribution in [1.82, 2.24) is 10.6 Å². The molecule has 2 atom stereocenters. The average molecular weight is 350 g/mol. The molecular weight excluding hydrogens is 324 g/mol. The van der Waals surface area contributed by atoms with Gasteiger partial charge in [-0.1, -0.05) is 74.5 Å². The molecule has 0 aromatic heterocycles. The second kappa shape index (κ2) is 8.17. The topological polar surface area (TPSA) is 58.2 Å². The fourth-order valence-electron chi connectivity index (χ4n) is 3.27. The maximum Gasteiger partial charge on any atom is 0.309 e. The number of carbonyl (C=O) groups is 2. The minimum Gasteiger partial charge on any atom is -0.341 e. The fraction of sp³-hybridized carbons (Fsp3) is 0.364. The summed E-state index contributed by atoms with van der Waals surface area (Å²) in [4.78, 5) is 25.0. The normalized spacial score (nSPS) is 16.0. The van der Waals surface area contributed by atoms with E-state index in [0.717, 1.165) is 24.0 Å². The summed E-state index contributed by atoms with van der Waals surface area (Å²) in [6.45, 7) is 4.07. The molecule has 0 heterocycles. The molecule has 4 heteroatoms. The summed E-state index contributed by atoms with van der Waals surface area (Å²) in [6.07, 6.45) is 2.17. The number of rotatable bonds is 6. The first-order valence-corrected chi connectivity index (χ1v) is 9.27. The van der Waals surface area contributed by atoms with Gasteiger partial charge in [0, 0.05) is 0 Å². The van der Waals surface area contributed by atoms with Crippen LogP contribution in [0, 0.1) is 11.8 Å². The van der Waals surface area contributed by atoms with Crippen LogP contribution in [0.4, 0.5) is 0 Å². The summed E-state index contributed by atoms with van der Waals surface area (Å²) >= 11 is 0. The Morgan fingerprint density at radius 2 is 1.31 bits per heavy atom. The van der Waals surface area contributed by atoms with Crippen LogP contribution in [-0.4, -0.2) is 11.8 Å². The van der Waals surface area contributed by atoms with Crippen molar-refractivity contribution in [2.45, 2.75) is 38.8 Å². The Bertz CT molecular complexity index is 682. The van der Waals surface area contributed by atoms with Gasteiger partial charge >= 0.3 is 11.8 Å². The highest BCUT2D eigenvalue weighted by atomic mass is 16.2. The van der Waals surface area contributed by atoms with Crippen LogP contribution in [0.2, 0.25) is 0 Å². The molecule has 1 saturated carbocycles. The Morgan fingerprint density at radius 1 is 0.808 bits per heavy atom. The second-order valence-corrected chi connectivity index (χ2v) is 7.31. The van der Waals surface area contributed by atoms with Crippen LogP contribution in [0.3, 0.4) is 0 Å². The number of hydrogen-bond acceptors (Lipinski definition) is 2. The first-order chi connectivity index (χ1) is 12.6. The SMILES string of the molecule is CC(C)[C@H](NC(=O)C(=O)N[C@@H](c1ccccc1)C1CC1)c1ccccc1. The molecule has 3 rings (SSSR count). The fourth-order valence-corrected chi connectivity index (χ4v) is 3.27. The van der Waals surface area contributed by atoms with Gasteiger partial charge in [-0.3, -0.25) is 9.59 Å². The van der Waals surface area contributed by atoms with E-state index in [4.69, 9.17) is 0 Å². The first kappa shape index (κ1) is 18.2. The number of amides is 2. The van der Waals surface area contributed by atoms with E-state index in [2.05, 4.69) is 10.6 Å². The number of nitrogens with one attached hydrogen (secondary N) is 2. The van der Waals surface area contributed by atoms with Crippen molar-refractivity contribution in [2.75, 3.05) is 0 Å². The zero-order valence-electron chi connectivity index (χ0n) is 15.3. The van der Waals surface area contributed by atoms with Gasteiger partial charge in [-0.2, -0.15) is 0 Å². The van der Waals surface area contributed by atoms with Gasteiger partial charge in [-0.15, -0.1) is 0 Å². The Labute approximate surface area is 155 Å². The van der Waals surface area contributed by atoms with Gasteiger partial charge < -0.3 is 10.6 Å². The van der Waals surface area contributed by atoms with E-state index in [1.54, 1.807) is 0 Å². The van der Waals surface area contributed by atoms with Crippen molar-refractivity contribution in [3.8, 4) is 0 Å². The zero-order valence-corrected chi connectivity index (χ0v) is 15.3. The lowest BCUT2D eigenvalue weighted by Gasteiger charge is -2.24. The molecule has 0 saturated heterocycles. The third-order valence-corrected chi connectivity index (χ3v) is 4.86. The average Bonchev–Trinajstić information content (AvgIpc) is 3.50. The molecule has 136 valence electrons. The quantitative estimate of drug-likeness (QED) is 0.779. The van der Waals surface area contributed by atoms with E-state index in [1.807, 2.05) is 74.5 Å². The third kappa shape index (κ3) is 4.51. The van der Waals surface area contributed by atoms with Crippen LogP contribution in [0.15, 0.2) is 60.7 Å². The molecule has 1 aliphatic rings.